The van der Waals surface area contributed by atoms with E-state index < -0.39 is 18.0 Å². The van der Waals surface area contributed by atoms with Gasteiger partial charge in [0.15, 0.2) is 5.96 Å². The van der Waals surface area contributed by atoms with Crippen LogP contribution in [-0.4, -0.2) is 117 Å². The second-order valence-electron chi connectivity index (χ2n) is 7.59. The predicted octanol–water partition coefficient (Wildman–Crippen LogP) is -2.14. The van der Waals surface area contributed by atoms with Crippen molar-refractivity contribution in [1.29, 1.82) is 5.41 Å². The predicted molar refractivity (Wildman–Crippen MR) is 107 cm³/mol. The molecule has 0 saturated heterocycles. The van der Waals surface area contributed by atoms with E-state index in [4.69, 9.17) is 21.4 Å². The first-order chi connectivity index (χ1) is 12.3. The lowest BCUT2D eigenvalue weighted by molar-refractivity contribution is -0.873. The first-order valence-electron chi connectivity index (χ1n) is 8.35. The molecule has 0 amide bonds. The highest BCUT2D eigenvalue weighted by Crippen LogP contribution is 1.97. The smallest absolute Gasteiger partial charge is 0.323 e. The average Bonchev–Trinajstić information content (AvgIpc) is 2.33. The number of hydrogen-bond donors (Lipinski definition) is 4. The molecule has 0 bridgehead atoms. The number of nitrogens with one attached hydrogen (secondary N) is 1. The van der Waals surface area contributed by atoms with Gasteiger partial charge in [0.1, 0.15) is 25.0 Å². The number of carboxylic acids is 2. The molecule has 1 unspecified atom stereocenters. The number of nitrogens with zero attached hydrogens (tertiary/aromatic N) is 3. The highest BCUT2D eigenvalue weighted by Gasteiger charge is 2.14. The summed E-state index contributed by atoms with van der Waals surface area (Å²) in [5, 5.41) is 34.0. The number of likely N-dealkylation sites (N-methyl/N-ethyl adjacent to an activating group) is 2. The van der Waals surface area contributed by atoms with Crippen LogP contribution in [0.4, 0.5) is 0 Å². The number of ketones is 1. The lowest BCUT2D eigenvalue weighted by Gasteiger charge is -2.26. The van der Waals surface area contributed by atoms with Crippen molar-refractivity contribution in [2.45, 2.75) is 26.4 Å². The summed E-state index contributed by atoms with van der Waals surface area (Å²) in [6.45, 7) is 3.25. The van der Waals surface area contributed by atoms with Crippen molar-refractivity contribution in [2.24, 2.45) is 5.73 Å². The zero-order chi connectivity index (χ0) is 23.7. The van der Waals surface area contributed by atoms with Gasteiger partial charge in [0.2, 0.25) is 0 Å². The van der Waals surface area contributed by atoms with Gasteiger partial charge in [-0.15, -0.1) is 0 Å². The van der Waals surface area contributed by atoms with Crippen LogP contribution in [0.25, 0.3) is 0 Å². The molecule has 0 fully saturated rings. The average molecular weight is 410 g/mol. The maximum absolute atomic E-state index is 10.0. The molecule has 0 aliphatic heterocycles. The number of aliphatic hydroxyl groups excluding tert-OH is 1. The van der Waals surface area contributed by atoms with E-state index in [0.717, 1.165) is 4.90 Å². The van der Waals surface area contributed by atoms with Crippen LogP contribution in [0.5, 0.6) is 0 Å². The molecule has 168 valence electrons. The number of hydrogen-bond acceptors (Lipinski definition) is 7. The summed E-state index contributed by atoms with van der Waals surface area (Å²) in [6.07, 6.45) is -1.09. The SMILES string of the molecule is CC(C)=O.CN(C)C.CN(CC(=O)O)C(=N)N.C[N+](C)(C)CC(O)CC(=O)[O-]. The Balaban J connectivity index is -0.000000151. The second-order valence-corrected chi connectivity index (χ2v) is 7.59. The van der Waals surface area contributed by atoms with Crippen LogP contribution >= 0.6 is 0 Å². The molecule has 1 atom stereocenters. The molecule has 0 heterocycles. The van der Waals surface area contributed by atoms with Gasteiger partial charge in [0, 0.05) is 19.4 Å². The number of aliphatic carboxylic acids is 2. The van der Waals surface area contributed by atoms with Gasteiger partial charge < -0.3 is 44.9 Å². The lowest BCUT2D eigenvalue weighted by Crippen LogP contribution is -2.43. The molecule has 0 aliphatic carbocycles. The van der Waals surface area contributed by atoms with Gasteiger partial charge in [-0.3, -0.25) is 10.2 Å². The minimum absolute atomic E-state index is 0.167. The van der Waals surface area contributed by atoms with Gasteiger partial charge in [-0.2, -0.15) is 0 Å². The molecule has 11 heteroatoms. The van der Waals surface area contributed by atoms with E-state index in [0.29, 0.717) is 11.0 Å². The van der Waals surface area contributed by atoms with Crippen LogP contribution in [0, 0.1) is 5.41 Å². The number of rotatable bonds is 6. The molecule has 0 spiro atoms. The van der Waals surface area contributed by atoms with Crippen molar-refractivity contribution < 1.29 is 34.2 Å². The molecule has 0 radical (unpaired) electrons. The summed E-state index contributed by atoms with van der Waals surface area (Å²) in [5.41, 5.74) is 4.93. The minimum atomic E-state index is -1.20. The first-order valence-corrected chi connectivity index (χ1v) is 8.35. The minimum Gasteiger partial charge on any atom is -0.550 e. The van der Waals surface area contributed by atoms with E-state index >= 15 is 0 Å². The van der Waals surface area contributed by atoms with Crippen molar-refractivity contribution in [2.75, 3.05) is 62.4 Å². The Bertz CT molecular complexity index is 457. The number of nitrogens with two attached hydrogens (primary N) is 1. The summed E-state index contributed by atoms with van der Waals surface area (Å²) >= 11 is 0. The normalized spacial score (nSPS) is 10.7. The van der Waals surface area contributed by atoms with Gasteiger partial charge >= 0.3 is 5.97 Å². The summed E-state index contributed by atoms with van der Waals surface area (Å²) in [4.78, 5) is 32.5. The van der Waals surface area contributed by atoms with Crippen LogP contribution in [0.1, 0.15) is 20.3 Å². The van der Waals surface area contributed by atoms with Crippen LogP contribution in [-0.2, 0) is 14.4 Å². The van der Waals surface area contributed by atoms with Crippen molar-refractivity contribution in [1.82, 2.24) is 9.80 Å². The lowest BCUT2D eigenvalue weighted by atomic mass is 10.2. The van der Waals surface area contributed by atoms with E-state index in [1.807, 2.05) is 47.2 Å². The number of carboxylic acid groups (broad SMARTS) is 2. The van der Waals surface area contributed by atoms with E-state index in [-0.39, 0.29) is 24.7 Å². The Morgan fingerprint density at radius 1 is 1.11 bits per heavy atom. The van der Waals surface area contributed by atoms with Crippen LogP contribution in [0.15, 0.2) is 0 Å². The molecule has 0 aromatic carbocycles. The van der Waals surface area contributed by atoms with Crippen molar-refractivity contribution in [3.8, 4) is 0 Å². The van der Waals surface area contributed by atoms with Gasteiger partial charge in [-0.25, -0.2) is 0 Å². The quantitative estimate of drug-likeness (QED) is 0.217. The van der Waals surface area contributed by atoms with Crippen molar-refractivity contribution in [3.05, 3.63) is 0 Å². The molecule has 0 aromatic heterocycles. The third kappa shape index (κ3) is 56.5. The van der Waals surface area contributed by atoms with Crippen molar-refractivity contribution in [3.63, 3.8) is 0 Å². The summed E-state index contributed by atoms with van der Waals surface area (Å²) in [5.74, 6) is -2.27. The molecule has 11 nitrogen and oxygen atoms in total. The fourth-order valence-electron chi connectivity index (χ4n) is 1.18. The zero-order valence-electron chi connectivity index (χ0n) is 18.6. The zero-order valence-corrected chi connectivity index (χ0v) is 18.6. The number of guanidine groups is 1. The van der Waals surface area contributed by atoms with Crippen LogP contribution in [0.3, 0.4) is 0 Å². The van der Waals surface area contributed by atoms with E-state index in [2.05, 4.69) is 0 Å². The Kier molecular flexibility index (Phi) is 21.6. The third-order valence-corrected chi connectivity index (χ3v) is 1.94. The molecule has 0 saturated carbocycles. The maximum Gasteiger partial charge on any atom is 0.323 e. The maximum atomic E-state index is 10.0. The number of aliphatic hydroxyl groups is 1. The van der Waals surface area contributed by atoms with E-state index in [1.54, 1.807) is 0 Å². The Morgan fingerprint density at radius 2 is 1.43 bits per heavy atom. The summed E-state index contributed by atoms with van der Waals surface area (Å²) in [7, 11) is 13.1. The topological polar surface area (TPSA) is 171 Å². The number of carbonyl (C=O) groups excluding carboxylic acids is 2. The molecule has 0 aromatic rings. The molecular formula is C17H39N5O6. The monoisotopic (exact) mass is 409 g/mol. The standard InChI is InChI=1S/C7H15NO3.C4H9N3O2.C3H9N.C3H6O/c1-8(2,3)5-6(9)4-7(10)11;1-7(4(5)6)2-3(8)9;1-4(2)3;1-3(2)4/h6,9H,4-5H2,1-3H3;2H2,1H3,(H3,5,6)(H,8,9);1-3H3;1-2H3. The van der Waals surface area contributed by atoms with Gasteiger partial charge in [-0.1, -0.05) is 0 Å². The third-order valence-electron chi connectivity index (χ3n) is 1.94. The van der Waals surface area contributed by atoms with Crippen LogP contribution in [0.2, 0.25) is 0 Å². The molecule has 28 heavy (non-hydrogen) atoms. The fourth-order valence-corrected chi connectivity index (χ4v) is 1.18. The molecular weight excluding hydrogens is 370 g/mol. The van der Waals surface area contributed by atoms with Crippen LogP contribution < -0.4 is 10.8 Å². The Morgan fingerprint density at radius 3 is 1.57 bits per heavy atom. The van der Waals surface area contributed by atoms with E-state index in [9.17, 15) is 19.5 Å². The molecule has 0 rings (SSSR count). The fraction of sp³-hybridized carbons (Fsp3) is 0.765. The largest absolute Gasteiger partial charge is 0.550 e. The highest BCUT2D eigenvalue weighted by molar-refractivity contribution is 5.80. The van der Waals surface area contributed by atoms with Gasteiger partial charge in [0.05, 0.1) is 21.1 Å². The number of Topliss-reactive ketones (excluding diaryl/α,β-unsaturated/α-hetero) is 1. The highest BCUT2D eigenvalue weighted by atomic mass is 16.4. The van der Waals surface area contributed by atoms with Gasteiger partial charge in [-0.05, 0) is 35.0 Å². The second kappa shape index (κ2) is 18.1. The summed E-state index contributed by atoms with van der Waals surface area (Å²) in [6, 6.07) is 0. The number of quaternary nitrogens is 1. The first kappa shape index (κ1) is 33.4. The number of carbonyl (C=O) groups is 3. The Labute approximate surface area is 168 Å². The van der Waals surface area contributed by atoms with E-state index in [1.165, 1.54) is 20.9 Å². The molecule has 0 aliphatic rings. The molecule has 5 N–H and O–H groups in total. The van der Waals surface area contributed by atoms with Crippen molar-refractivity contribution >= 4 is 23.7 Å². The van der Waals surface area contributed by atoms with Gasteiger partial charge in [0.25, 0.3) is 0 Å². The summed E-state index contributed by atoms with van der Waals surface area (Å²) < 4.78 is 0.550. The Hall–Kier alpha value is -2.24.